The first-order chi connectivity index (χ1) is 14.8. The number of amides is 2. The van der Waals surface area contributed by atoms with Crippen LogP contribution in [0.2, 0.25) is 5.02 Å². The van der Waals surface area contributed by atoms with Gasteiger partial charge in [-0.3, -0.25) is 19.6 Å². The molecule has 3 aromatic rings. The van der Waals surface area contributed by atoms with Crippen LogP contribution >= 0.6 is 11.6 Å². The van der Waals surface area contributed by atoms with Crippen LogP contribution in [0.4, 0.5) is 4.79 Å². The van der Waals surface area contributed by atoms with E-state index in [2.05, 4.69) is 15.4 Å². The van der Waals surface area contributed by atoms with Crippen LogP contribution in [0.3, 0.4) is 0 Å². The number of aromatic amines is 1. The van der Waals surface area contributed by atoms with Crippen LogP contribution in [0.5, 0.6) is 0 Å². The standard InChI is InChI=1S/C22H23ClN4O4/c1-4-27-10-15-16(23)7-12(8-18(15)26-27)17-6-5-13(20(28)24-17)14(11(2)3)9-19-21(29)25-22(30)31-19/h5-8,10-11,14,19H,4,9H2,1-3H3,(H,24,28)(H,25,29,30). The molecule has 8 nitrogen and oxygen atoms in total. The molecule has 0 bridgehead atoms. The van der Waals surface area contributed by atoms with Crippen LogP contribution in [0, 0.1) is 5.92 Å². The van der Waals surface area contributed by atoms with Crippen molar-refractivity contribution in [3.8, 4) is 11.3 Å². The second-order valence-electron chi connectivity index (χ2n) is 8.00. The van der Waals surface area contributed by atoms with Gasteiger partial charge in [0.1, 0.15) is 0 Å². The summed E-state index contributed by atoms with van der Waals surface area (Å²) in [6.07, 6.45) is 0.490. The van der Waals surface area contributed by atoms with Gasteiger partial charge < -0.3 is 9.72 Å². The lowest BCUT2D eigenvalue weighted by Gasteiger charge is -2.22. The Hall–Kier alpha value is -3.13. The molecule has 162 valence electrons. The molecule has 2 atom stereocenters. The number of carbonyl (C=O) groups is 2. The molecule has 0 radical (unpaired) electrons. The quantitative estimate of drug-likeness (QED) is 0.603. The number of imide groups is 1. The third-order valence-electron chi connectivity index (χ3n) is 5.64. The summed E-state index contributed by atoms with van der Waals surface area (Å²) in [6.45, 7) is 6.66. The van der Waals surface area contributed by atoms with Gasteiger partial charge >= 0.3 is 6.09 Å². The van der Waals surface area contributed by atoms with E-state index < -0.39 is 18.1 Å². The van der Waals surface area contributed by atoms with Gasteiger partial charge in [-0.05, 0) is 37.0 Å². The van der Waals surface area contributed by atoms with Gasteiger partial charge in [0.05, 0.1) is 10.5 Å². The van der Waals surface area contributed by atoms with Crippen LogP contribution in [0.1, 0.15) is 38.7 Å². The van der Waals surface area contributed by atoms with E-state index in [1.54, 1.807) is 12.1 Å². The van der Waals surface area contributed by atoms with Crippen molar-refractivity contribution in [3.05, 3.63) is 51.4 Å². The molecule has 1 aliphatic heterocycles. The van der Waals surface area contributed by atoms with E-state index in [-0.39, 0.29) is 23.8 Å². The number of hydrogen-bond donors (Lipinski definition) is 2. The summed E-state index contributed by atoms with van der Waals surface area (Å²) in [5, 5.41) is 8.05. The highest BCUT2D eigenvalue weighted by molar-refractivity contribution is 6.35. The normalized spacial score (nSPS) is 17.3. The number of cyclic esters (lactones) is 1. The Labute approximate surface area is 183 Å². The molecule has 0 saturated carbocycles. The average molecular weight is 443 g/mol. The average Bonchev–Trinajstić information content (AvgIpc) is 3.28. The first kappa shape index (κ1) is 21.1. The van der Waals surface area contributed by atoms with Gasteiger partial charge in [-0.2, -0.15) is 5.10 Å². The topological polar surface area (TPSA) is 106 Å². The van der Waals surface area contributed by atoms with E-state index in [1.807, 2.05) is 43.8 Å². The van der Waals surface area contributed by atoms with Crippen LogP contribution < -0.4 is 10.9 Å². The first-order valence-electron chi connectivity index (χ1n) is 10.2. The maximum atomic E-state index is 13.0. The van der Waals surface area contributed by atoms with Crippen molar-refractivity contribution in [2.45, 2.75) is 45.8 Å². The molecule has 4 rings (SSSR count). The number of ether oxygens (including phenoxy) is 1. The summed E-state index contributed by atoms with van der Waals surface area (Å²) in [5.41, 5.74) is 2.42. The second kappa shape index (κ2) is 8.19. The number of rotatable bonds is 6. The molecule has 2 aromatic heterocycles. The van der Waals surface area contributed by atoms with Crippen molar-refractivity contribution >= 4 is 34.5 Å². The number of aryl methyl sites for hydroxylation is 1. The molecule has 9 heteroatoms. The maximum absolute atomic E-state index is 13.0. The van der Waals surface area contributed by atoms with Gasteiger partial charge in [0.15, 0.2) is 6.10 Å². The summed E-state index contributed by atoms with van der Waals surface area (Å²) in [7, 11) is 0. The fraction of sp³-hybridized carbons (Fsp3) is 0.364. The molecule has 1 aliphatic rings. The summed E-state index contributed by atoms with van der Waals surface area (Å²) in [6, 6.07) is 7.27. The Bertz CT molecular complexity index is 1230. The van der Waals surface area contributed by atoms with E-state index in [1.165, 1.54) is 0 Å². The molecule has 0 aliphatic carbocycles. The van der Waals surface area contributed by atoms with Gasteiger partial charge in [-0.1, -0.05) is 31.5 Å². The van der Waals surface area contributed by atoms with Gasteiger partial charge in [0, 0.05) is 41.4 Å². The zero-order valence-corrected chi connectivity index (χ0v) is 18.2. The van der Waals surface area contributed by atoms with Gasteiger partial charge in [0.2, 0.25) is 0 Å². The number of fused-ring (bicyclic) bond motifs is 1. The SMILES string of the molecule is CCn1cc2c(Cl)cc(-c3ccc(C(CC4OC(=O)NC4=O)C(C)C)c(=O)[nH]3)cc2n1. The molecule has 1 saturated heterocycles. The largest absolute Gasteiger partial charge is 0.436 e. The van der Waals surface area contributed by atoms with Crippen LogP contribution in [0.25, 0.3) is 22.2 Å². The molecule has 31 heavy (non-hydrogen) atoms. The molecular formula is C22H23ClN4O4. The molecule has 2 unspecified atom stereocenters. The summed E-state index contributed by atoms with van der Waals surface area (Å²) < 4.78 is 6.85. The third-order valence-corrected chi connectivity index (χ3v) is 5.95. The maximum Gasteiger partial charge on any atom is 0.414 e. The molecular weight excluding hydrogens is 420 g/mol. The molecule has 2 amide bonds. The van der Waals surface area contributed by atoms with E-state index in [0.29, 0.717) is 16.3 Å². The molecule has 2 N–H and O–H groups in total. The van der Waals surface area contributed by atoms with Crippen molar-refractivity contribution in [2.75, 3.05) is 0 Å². The van der Waals surface area contributed by atoms with Crippen LogP contribution in [-0.4, -0.2) is 32.9 Å². The lowest BCUT2D eigenvalue weighted by atomic mass is 9.84. The Morgan fingerprint density at radius 1 is 1.23 bits per heavy atom. The molecule has 3 heterocycles. The molecule has 1 aromatic carbocycles. The Balaban J connectivity index is 1.67. The number of benzene rings is 1. The monoisotopic (exact) mass is 442 g/mol. The van der Waals surface area contributed by atoms with Crippen molar-refractivity contribution in [1.29, 1.82) is 0 Å². The smallest absolute Gasteiger partial charge is 0.414 e. The second-order valence-corrected chi connectivity index (χ2v) is 8.41. The number of H-pyrrole nitrogens is 1. The summed E-state index contributed by atoms with van der Waals surface area (Å²) in [5.74, 6) is -0.674. The van der Waals surface area contributed by atoms with Gasteiger partial charge in [-0.15, -0.1) is 0 Å². The van der Waals surface area contributed by atoms with Crippen molar-refractivity contribution < 1.29 is 14.3 Å². The number of alkyl carbamates (subject to hydrolysis) is 1. The number of halogens is 1. The number of nitrogens with one attached hydrogen (secondary N) is 2. The Kier molecular flexibility index (Phi) is 5.58. The van der Waals surface area contributed by atoms with Gasteiger partial charge in [-0.25, -0.2) is 4.79 Å². The van der Waals surface area contributed by atoms with Crippen LogP contribution in [-0.2, 0) is 16.1 Å². The lowest BCUT2D eigenvalue weighted by Crippen LogP contribution is -2.29. The minimum Gasteiger partial charge on any atom is -0.436 e. The third kappa shape index (κ3) is 4.07. The van der Waals surface area contributed by atoms with E-state index in [0.717, 1.165) is 23.0 Å². The first-order valence-corrected chi connectivity index (χ1v) is 10.6. The molecule has 1 fully saturated rings. The highest BCUT2D eigenvalue weighted by Crippen LogP contribution is 2.32. The van der Waals surface area contributed by atoms with E-state index in [9.17, 15) is 14.4 Å². The Morgan fingerprint density at radius 2 is 2.00 bits per heavy atom. The predicted molar refractivity (Wildman–Crippen MR) is 117 cm³/mol. The number of hydrogen-bond acceptors (Lipinski definition) is 5. The molecule has 0 spiro atoms. The highest BCUT2D eigenvalue weighted by Gasteiger charge is 2.36. The number of aromatic nitrogens is 3. The van der Waals surface area contributed by atoms with Crippen molar-refractivity contribution in [3.63, 3.8) is 0 Å². The van der Waals surface area contributed by atoms with Crippen LogP contribution in [0.15, 0.2) is 35.3 Å². The van der Waals surface area contributed by atoms with Gasteiger partial charge in [0.25, 0.3) is 11.5 Å². The summed E-state index contributed by atoms with van der Waals surface area (Å²) in [4.78, 5) is 39.1. The number of nitrogens with zero attached hydrogens (tertiary/aromatic N) is 2. The lowest BCUT2D eigenvalue weighted by molar-refractivity contribution is -0.123. The minimum absolute atomic E-state index is 0.0582. The fourth-order valence-corrected chi connectivity index (χ4v) is 4.19. The number of carbonyl (C=O) groups excluding carboxylic acids is 2. The summed E-state index contributed by atoms with van der Waals surface area (Å²) >= 11 is 6.44. The number of pyridine rings is 1. The highest BCUT2D eigenvalue weighted by atomic mass is 35.5. The zero-order chi connectivity index (χ0) is 22.3. The Morgan fingerprint density at radius 3 is 2.61 bits per heavy atom. The van der Waals surface area contributed by atoms with Crippen molar-refractivity contribution in [1.82, 2.24) is 20.1 Å². The van der Waals surface area contributed by atoms with Crippen molar-refractivity contribution in [2.24, 2.45) is 5.92 Å². The zero-order valence-electron chi connectivity index (χ0n) is 17.4. The van der Waals surface area contributed by atoms with E-state index in [4.69, 9.17) is 16.3 Å². The predicted octanol–water partition coefficient (Wildman–Crippen LogP) is 3.83. The van der Waals surface area contributed by atoms with E-state index >= 15 is 0 Å². The minimum atomic E-state index is -0.895. The fourth-order valence-electron chi connectivity index (χ4n) is 3.93.